The predicted octanol–water partition coefficient (Wildman–Crippen LogP) is 3.87. The lowest BCUT2D eigenvalue weighted by Crippen LogP contribution is -2.14. The van der Waals surface area contributed by atoms with E-state index in [-0.39, 0.29) is 24.7 Å². The highest BCUT2D eigenvalue weighted by atomic mass is 19.1. The van der Waals surface area contributed by atoms with Gasteiger partial charge in [0.05, 0.1) is 6.61 Å². The molecule has 0 unspecified atom stereocenters. The van der Waals surface area contributed by atoms with Crippen LogP contribution < -0.4 is 15.4 Å². The van der Waals surface area contributed by atoms with Gasteiger partial charge >= 0.3 is 0 Å². The zero-order chi connectivity index (χ0) is 18.1. The standard InChI is InChI=1S/C19H22F2N2O2/c1-2-22-13-14-5-3-6-16(11-14)23-19(24)7-4-10-25-18-9-8-15(20)12-17(18)21/h3,5-6,8-9,11-12,22H,2,4,7,10,13H2,1H3,(H,23,24). The molecule has 0 saturated carbocycles. The normalized spacial score (nSPS) is 10.5. The minimum absolute atomic E-state index is 0.0158. The zero-order valence-electron chi connectivity index (χ0n) is 14.1. The third kappa shape index (κ3) is 6.51. The number of hydrogen-bond donors (Lipinski definition) is 2. The van der Waals surface area contributed by atoms with E-state index in [1.165, 1.54) is 6.07 Å². The van der Waals surface area contributed by atoms with E-state index in [1.807, 2.05) is 31.2 Å². The van der Waals surface area contributed by atoms with Crippen molar-refractivity contribution in [3.8, 4) is 5.75 Å². The maximum Gasteiger partial charge on any atom is 0.224 e. The first-order valence-electron chi connectivity index (χ1n) is 8.26. The van der Waals surface area contributed by atoms with E-state index in [0.29, 0.717) is 6.42 Å². The quantitative estimate of drug-likeness (QED) is 0.677. The molecule has 2 N–H and O–H groups in total. The number of amides is 1. The van der Waals surface area contributed by atoms with Gasteiger partial charge < -0.3 is 15.4 Å². The minimum Gasteiger partial charge on any atom is -0.491 e. The Morgan fingerprint density at radius 1 is 1.16 bits per heavy atom. The van der Waals surface area contributed by atoms with Crippen LogP contribution >= 0.6 is 0 Å². The first kappa shape index (κ1) is 18.9. The molecule has 0 spiro atoms. The minimum atomic E-state index is -0.748. The van der Waals surface area contributed by atoms with Gasteiger partial charge in [0.15, 0.2) is 11.6 Å². The maximum absolute atomic E-state index is 13.4. The lowest BCUT2D eigenvalue weighted by atomic mass is 10.2. The van der Waals surface area contributed by atoms with Gasteiger partial charge in [0.1, 0.15) is 5.82 Å². The molecule has 0 bridgehead atoms. The van der Waals surface area contributed by atoms with Crippen molar-refractivity contribution in [3.05, 3.63) is 59.7 Å². The Labute approximate surface area is 146 Å². The van der Waals surface area contributed by atoms with Gasteiger partial charge in [0.2, 0.25) is 5.91 Å². The molecule has 0 fully saturated rings. The molecule has 25 heavy (non-hydrogen) atoms. The van der Waals surface area contributed by atoms with Crippen molar-refractivity contribution in [1.29, 1.82) is 0 Å². The molecular formula is C19H22F2N2O2. The number of carbonyl (C=O) groups excluding carboxylic acids is 1. The molecule has 2 aromatic rings. The van der Waals surface area contributed by atoms with Gasteiger partial charge in [-0.15, -0.1) is 0 Å². The fourth-order valence-electron chi connectivity index (χ4n) is 2.26. The first-order valence-corrected chi connectivity index (χ1v) is 8.26. The summed E-state index contributed by atoms with van der Waals surface area (Å²) in [6.07, 6.45) is 0.681. The zero-order valence-corrected chi connectivity index (χ0v) is 14.1. The molecule has 0 aliphatic carbocycles. The van der Waals surface area contributed by atoms with E-state index in [2.05, 4.69) is 10.6 Å². The molecular weight excluding hydrogens is 326 g/mol. The molecule has 2 rings (SSSR count). The Balaban J connectivity index is 1.73. The molecule has 134 valence electrons. The highest BCUT2D eigenvalue weighted by Crippen LogP contribution is 2.18. The number of ether oxygens (including phenoxy) is 1. The maximum atomic E-state index is 13.4. The van der Waals surface area contributed by atoms with Crippen molar-refractivity contribution in [2.24, 2.45) is 0 Å². The largest absolute Gasteiger partial charge is 0.491 e. The summed E-state index contributed by atoms with van der Waals surface area (Å²) in [6.45, 7) is 3.84. The molecule has 4 nitrogen and oxygen atoms in total. The van der Waals surface area contributed by atoms with E-state index >= 15 is 0 Å². The summed E-state index contributed by atoms with van der Waals surface area (Å²) in [5.41, 5.74) is 1.83. The average molecular weight is 348 g/mol. The van der Waals surface area contributed by atoms with E-state index < -0.39 is 11.6 Å². The highest BCUT2D eigenvalue weighted by Gasteiger charge is 2.06. The van der Waals surface area contributed by atoms with Crippen molar-refractivity contribution >= 4 is 11.6 Å². The van der Waals surface area contributed by atoms with E-state index in [1.54, 1.807) is 0 Å². The molecule has 0 aromatic heterocycles. The number of hydrogen-bond acceptors (Lipinski definition) is 3. The van der Waals surface area contributed by atoms with Crippen LogP contribution in [-0.4, -0.2) is 19.1 Å². The summed E-state index contributed by atoms with van der Waals surface area (Å²) >= 11 is 0. The van der Waals surface area contributed by atoms with Gasteiger partial charge in [0.25, 0.3) is 0 Å². The second kappa shape index (κ2) is 9.74. The van der Waals surface area contributed by atoms with E-state index in [4.69, 9.17) is 4.74 Å². The summed E-state index contributed by atoms with van der Waals surface area (Å²) in [4.78, 5) is 12.0. The average Bonchev–Trinajstić information content (AvgIpc) is 2.58. The van der Waals surface area contributed by atoms with Gasteiger partial charge in [-0.1, -0.05) is 19.1 Å². The number of halogens is 2. The monoisotopic (exact) mass is 348 g/mol. The Hall–Kier alpha value is -2.47. The Kier molecular flexibility index (Phi) is 7.35. The van der Waals surface area contributed by atoms with Crippen LogP contribution in [0.3, 0.4) is 0 Å². The molecule has 0 aliphatic heterocycles. The molecule has 0 atom stereocenters. The van der Waals surface area contributed by atoms with Gasteiger partial charge in [-0.2, -0.15) is 0 Å². The molecule has 0 saturated heterocycles. The summed E-state index contributed by atoms with van der Waals surface area (Å²) in [5.74, 6) is -1.55. The third-order valence-corrected chi connectivity index (χ3v) is 3.49. The van der Waals surface area contributed by atoms with Crippen LogP contribution in [0.4, 0.5) is 14.5 Å². The van der Waals surface area contributed by atoms with Crippen molar-refractivity contribution in [3.63, 3.8) is 0 Å². The van der Waals surface area contributed by atoms with Crippen LogP contribution in [-0.2, 0) is 11.3 Å². The highest BCUT2D eigenvalue weighted by molar-refractivity contribution is 5.90. The predicted molar refractivity (Wildman–Crippen MR) is 93.5 cm³/mol. The third-order valence-electron chi connectivity index (χ3n) is 3.49. The summed E-state index contributed by atoms with van der Waals surface area (Å²) < 4.78 is 31.4. The molecule has 0 radical (unpaired) electrons. The lowest BCUT2D eigenvalue weighted by molar-refractivity contribution is -0.116. The van der Waals surface area contributed by atoms with Crippen LogP contribution in [0.5, 0.6) is 5.75 Å². The van der Waals surface area contributed by atoms with Gasteiger partial charge in [-0.25, -0.2) is 8.78 Å². The summed E-state index contributed by atoms with van der Waals surface area (Å²) in [6, 6.07) is 10.8. The topological polar surface area (TPSA) is 50.4 Å². The summed E-state index contributed by atoms with van der Waals surface area (Å²) in [7, 11) is 0. The smallest absolute Gasteiger partial charge is 0.224 e. The van der Waals surface area contributed by atoms with Crippen LogP contribution in [0.2, 0.25) is 0 Å². The number of benzene rings is 2. The fourth-order valence-corrected chi connectivity index (χ4v) is 2.26. The van der Waals surface area contributed by atoms with E-state index in [0.717, 1.165) is 36.5 Å². The fraction of sp³-hybridized carbons (Fsp3) is 0.316. The van der Waals surface area contributed by atoms with E-state index in [9.17, 15) is 13.6 Å². The van der Waals surface area contributed by atoms with Crippen molar-refractivity contribution in [2.45, 2.75) is 26.3 Å². The Morgan fingerprint density at radius 2 is 2.00 bits per heavy atom. The van der Waals surface area contributed by atoms with Gasteiger partial charge in [0, 0.05) is 24.7 Å². The van der Waals surface area contributed by atoms with Gasteiger partial charge in [-0.05, 0) is 42.8 Å². The van der Waals surface area contributed by atoms with Crippen molar-refractivity contribution in [1.82, 2.24) is 5.32 Å². The number of rotatable bonds is 9. The SMILES string of the molecule is CCNCc1cccc(NC(=O)CCCOc2ccc(F)cc2F)c1. The molecule has 6 heteroatoms. The van der Waals surface area contributed by atoms with Gasteiger partial charge in [-0.3, -0.25) is 4.79 Å². The van der Waals surface area contributed by atoms with Crippen molar-refractivity contribution in [2.75, 3.05) is 18.5 Å². The van der Waals surface area contributed by atoms with Crippen LogP contribution in [0.25, 0.3) is 0 Å². The van der Waals surface area contributed by atoms with Crippen LogP contribution in [0.15, 0.2) is 42.5 Å². The first-order chi connectivity index (χ1) is 12.1. The lowest BCUT2D eigenvalue weighted by Gasteiger charge is -2.09. The van der Waals surface area contributed by atoms with Crippen LogP contribution in [0, 0.1) is 11.6 Å². The Morgan fingerprint density at radius 3 is 2.76 bits per heavy atom. The molecule has 0 heterocycles. The Bertz CT molecular complexity index is 708. The molecule has 0 aliphatic rings. The summed E-state index contributed by atoms with van der Waals surface area (Å²) in [5, 5.41) is 6.06. The second-order valence-corrected chi connectivity index (χ2v) is 5.56. The van der Waals surface area contributed by atoms with Crippen molar-refractivity contribution < 1.29 is 18.3 Å². The molecule has 2 aromatic carbocycles. The number of anilines is 1. The number of nitrogens with one attached hydrogen (secondary N) is 2. The van der Waals surface area contributed by atoms with Crippen LogP contribution in [0.1, 0.15) is 25.3 Å². The molecule has 1 amide bonds. The number of carbonyl (C=O) groups is 1. The second-order valence-electron chi connectivity index (χ2n) is 5.56.